The Bertz CT molecular complexity index is 720. The van der Waals surface area contributed by atoms with Crippen molar-refractivity contribution in [2.24, 2.45) is 0 Å². The van der Waals surface area contributed by atoms with E-state index in [0.717, 1.165) is 19.1 Å². The lowest BCUT2D eigenvalue weighted by Crippen LogP contribution is -2.42. The fourth-order valence-corrected chi connectivity index (χ4v) is 3.99. The highest BCUT2D eigenvalue weighted by Gasteiger charge is 2.36. The van der Waals surface area contributed by atoms with Gasteiger partial charge in [-0.2, -0.15) is 4.31 Å². The summed E-state index contributed by atoms with van der Waals surface area (Å²) in [5, 5.41) is 2.81. The quantitative estimate of drug-likeness (QED) is 0.707. The predicted octanol–water partition coefficient (Wildman–Crippen LogP) is 2.63. The Morgan fingerprint density at radius 2 is 1.85 bits per heavy atom. The van der Waals surface area contributed by atoms with Crippen LogP contribution in [0.3, 0.4) is 0 Å². The zero-order chi connectivity index (χ0) is 19.2. The van der Waals surface area contributed by atoms with Crippen molar-refractivity contribution in [3.05, 3.63) is 18.2 Å². The summed E-state index contributed by atoms with van der Waals surface area (Å²) in [7, 11) is -3.40. The second-order valence-electron chi connectivity index (χ2n) is 6.38. The summed E-state index contributed by atoms with van der Waals surface area (Å²) in [5.74, 6) is 0.887. The van der Waals surface area contributed by atoms with Crippen molar-refractivity contribution in [3.8, 4) is 11.5 Å². The number of amides is 1. The molecule has 8 heteroatoms. The number of hydrogen-bond acceptors (Lipinski definition) is 5. The second kappa shape index (κ2) is 9.23. The first-order valence-corrected chi connectivity index (χ1v) is 10.9. The molecule has 0 spiro atoms. The molecule has 1 aromatic rings. The zero-order valence-electron chi connectivity index (χ0n) is 15.7. The van der Waals surface area contributed by atoms with Crippen LogP contribution in [0.4, 0.5) is 5.69 Å². The molecule has 146 valence electrons. The van der Waals surface area contributed by atoms with E-state index in [-0.39, 0.29) is 5.91 Å². The van der Waals surface area contributed by atoms with Gasteiger partial charge in [0.05, 0.1) is 19.5 Å². The summed E-state index contributed by atoms with van der Waals surface area (Å²) in [6.07, 6.45) is 4.08. The number of nitrogens with zero attached hydrogens (tertiary/aromatic N) is 1. The molecule has 1 aliphatic heterocycles. The van der Waals surface area contributed by atoms with Crippen LogP contribution in [0, 0.1) is 0 Å². The van der Waals surface area contributed by atoms with E-state index in [2.05, 4.69) is 5.32 Å². The molecule has 0 bridgehead atoms. The Balaban J connectivity index is 2.13. The number of rotatable bonds is 9. The summed E-state index contributed by atoms with van der Waals surface area (Å²) < 4.78 is 36.3. The molecule has 7 nitrogen and oxygen atoms in total. The summed E-state index contributed by atoms with van der Waals surface area (Å²) in [6, 6.07) is 4.56. The summed E-state index contributed by atoms with van der Waals surface area (Å²) in [4.78, 5) is 12.6. The van der Waals surface area contributed by atoms with E-state index in [1.165, 1.54) is 4.31 Å². The number of benzene rings is 1. The van der Waals surface area contributed by atoms with E-state index in [1.807, 2.05) is 13.8 Å². The molecule has 0 aliphatic carbocycles. The fourth-order valence-electron chi connectivity index (χ4n) is 2.87. The molecular formula is C18H28N2O5S. The zero-order valence-corrected chi connectivity index (χ0v) is 16.5. The van der Waals surface area contributed by atoms with Crippen LogP contribution in [0.2, 0.25) is 0 Å². The molecule has 1 amide bonds. The molecule has 1 saturated heterocycles. The maximum absolute atomic E-state index is 12.6. The van der Waals surface area contributed by atoms with E-state index >= 15 is 0 Å². The van der Waals surface area contributed by atoms with E-state index in [1.54, 1.807) is 18.2 Å². The number of nitrogens with one attached hydrogen (secondary N) is 1. The maximum Gasteiger partial charge on any atom is 0.242 e. The topological polar surface area (TPSA) is 84.9 Å². The normalized spacial score (nSPS) is 17.9. The Hall–Kier alpha value is -1.80. The molecule has 1 heterocycles. The smallest absolute Gasteiger partial charge is 0.242 e. The van der Waals surface area contributed by atoms with Crippen LogP contribution in [-0.4, -0.2) is 50.7 Å². The van der Waals surface area contributed by atoms with Crippen LogP contribution >= 0.6 is 0 Å². The minimum atomic E-state index is -3.40. The van der Waals surface area contributed by atoms with Crippen LogP contribution in [-0.2, 0) is 14.8 Å². The van der Waals surface area contributed by atoms with Gasteiger partial charge in [-0.15, -0.1) is 0 Å². The van der Waals surface area contributed by atoms with Gasteiger partial charge in [0.15, 0.2) is 11.5 Å². The van der Waals surface area contributed by atoms with Crippen molar-refractivity contribution < 1.29 is 22.7 Å². The number of anilines is 1. The van der Waals surface area contributed by atoms with Gasteiger partial charge < -0.3 is 14.8 Å². The summed E-state index contributed by atoms with van der Waals surface area (Å²) in [5.41, 5.74) is 0.560. The molecule has 0 saturated carbocycles. The SMILES string of the molecule is CCCOc1ccc(NC(=O)C2CCCN2S(C)(=O)=O)cc1OCCC. The van der Waals surface area contributed by atoms with Crippen molar-refractivity contribution >= 4 is 21.6 Å². The molecule has 2 rings (SSSR count). The van der Waals surface area contributed by atoms with Crippen LogP contribution in [0.1, 0.15) is 39.5 Å². The van der Waals surface area contributed by atoms with Crippen molar-refractivity contribution in [3.63, 3.8) is 0 Å². The van der Waals surface area contributed by atoms with Crippen LogP contribution in [0.25, 0.3) is 0 Å². The third-order valence-corrected chi connectivity index (χ3v) is 5.36. The molecule has 1 unspecified atom stereocenters. The van der Waals surface area contributed by atoms with Crippen LogP contribution in [0.5, 0.6) is 11.5 Å². The number of carbonyl (C=O) groups excluding carboxylic acids is 1. The largest absolute Gasteiger partial charge is 0.490 e. The number of carbonyl (C=O) groups is 1. The van der Waals surface area contributed by atoms with Crippen LogP contribution < -0.4 is 14.8 Å². The van der Waals surface area contributed by atoms with Gasteiger partial charge in [-0.1, -0.05) is 13.8 Å². The van der Waals surface area contributed by atoms with Gasteiger partial charge in [0.25, 0.3) is 0 Å². The summed E-state index contributed by atoms with van der Waals surface area (Å²) in [6.45, 7) is 5.55. The third kappa shape index (κ3) is 5.35. The van der Waals surface area contributed by atoms with Crippen molar-refractivity contribution in [1.29, 1.82) is 0 Å². The van der Waals surface area contributed by atoms with Gasteiger partial charge in [-0.3, -0.25) is 4.79 Å². The molecule has 26 heavy (non-hydrogen) atoms. The minimum Gasteiger partial charge on any atom is -0.490 e. The lowest BCUT2D eigenvalue weighted by atomic mass is 10.2. The monoisotopic (exact) mass is 384 g/mol. The first kappa shape index (κ1) is 20.5. The highest BCUT2D eigenvalue weighted by atomic mass is 32.2. The predicted molar refractivity (Wildman–Crippen MR) is 101 cm³/mol. The van der Waals surface area contributed by atoms with Crippen molar-refractivity contribution in [2.75, 3.05) is 31.3 Å². The van der Waals surface area contributed by atoms with Gasteiger partial charge in [-0.05, 0) is 37.8 Å². The molecule has 1 aromatic carbocycles. The Morgan fingerprint density at radius 3 is 2.46 bits per heavy atom. The number of sulfonamides is 1. The Labute approximate surface area is 155 Å². The lowest BCUT2D eigenvalue weighted by Gasteiger charge is -2.21. The number of hydrogen-bond donors (Lipinski definition) is 1. The lowest BCUT2D eigenvalue weighted by molar-refractivity contribution is -0.119. The average molecular weight is 384 g/mol. The third-order valence-electron chi connectivity index (χ3n) is 4.07. The fraction of sp³-hybridized carbons (Fsp3) is 0.611. The van der Waals surface area contributed by atoms with Gasteiger partial charge in [-0.25, -0.2) is 8.42 Å². The molecule has 1 fully saturated rings. The summed E-state index contributed by atoms with van der Waals surface area (Å²) >= 11 is 0. The first-order valence-electron chi connectivity index (χ1n) is 9.04. The van der Waals surface area contributed by atoms with E-state index in [0.29, 0.717) is 49.8 Å². The molecule has 1 atom stereocenters. The standard InChI is InChI=1S/C18H28N2O5S/c1-4-11-24-16-9-8-14(13-17(16)25-12-5-2)19-18(21)15-7-6-10-20(15)26(3,22)23/h8-9,13,15H,4-7,10-12H2,1-3H3,(H,19,21). The molecule has 1 N–H and O–H groups in total. The van der Waals surface area contributed by atoms with E-state index < -0.39 is 16.1 Å². The highest BCUT2D eigenvalue weighted by Crippen LogP contribution is 2.31. The van der Waals surface area contributed by atoms with Gasteiger partial charge in [0.1, 0.15) is 6.04 Å². The maximum atomic E-state index is 12.6. The minimum absolute atomic E-state index is 0.323. The number of ether oxygens (including phenoxy) is 2. The highest BCUT2D eigenvalue weighted by molar-refractivity contribution is 7.88. The van der Waals surface area contributed by atoms with Gasteiger partial charge >= 0.3 is 0 Å². The van der Waals surface area contributed by atoms with Crippen molar-refractivity contribution in [1.82, 2.24) is 4.31 Å². The van der Waals surface area contributed by atoms with E-state index in [9.17, 15) is 13.2 Å². The average Bonchev–Trinajstić information content (AvgIpc) is 3.09. The Morgan fingerprint density at radius 1 is 1.19 bits per heavy atom. The van der Waals surface area contributed by atoms with Crippen molar-refractivity contribution in [2.45, 2.75) is 45.6 Å². The molecule has 0 radical (unpaired) electrons. The van der Waals surface area contributed by atoms with E-state index in [4.69, 9.17) is 9.47 Å². The first-order chi connectivity index (χ1) is 12.4. The second-order valence-corrected chi connectivity index (χ2v) is 8.31. The molecule has 1 aliphatic rings. The van der Waals surface area contributed by atoms with Gasteiger partial charge in [0.2, 0.25) is 15.9 Å². The molecule has 0 aromatic heterocycles. The molecular weight excluding hydrogens is 356 g/mol. The van der Waals surface area contributed by atoms with Gasteiger partial charge in [0, 0.05) is 18.3 Å². The van der Waals surface area contributed by atoms with Crippen LogP contribution in [0.15, 0.2) is 18.2 Å². The Kier molecular flexibility index (Phi) is 7.28.